The number of carbonyl (C=O) groups is 1. The van der Waals surface area contributed by atoms with Crippen LogP contribution in [-0.2, 0) is 10.3 Å². The van der Waals surface area contributed by atoms with Crippen molar-refractivity contribution in [3.63, 3.8) is 0 Å². The Hall–Kier alpha value is -3.04. The maximum Gasteiger partial charge on any atom is 0.343 e. The average molecular weight is 380 g/mol. The third-order valence-corrected chi connectivity index (χ3v) is 5.09. The SMILES string of the molecule is CCOC(=O)c1cn2c3c(c(F)c(F)c([N+](=O)[O-])c3c1=O)OCCC21CC1. The second-order valence-electron chi connectivity index (χ2n) is 6.57. The van der Waals surface area contributed by atoms with Gasteiger partial charge in [0.15, 0.2) is 5.75 Å². The van der Waals surface area contributed by atoms with E-state index in [4.69, 9.17) is 9.47 Å². The molecule has 1 aromatic carbocycles. The Kier molecular flexibility index (Phi) is 3.69. The summed E-state index contributed by atoms with van der Waals surface area (Å²) in [5.41, 5.74) is -3.62. The number of rotatable bonds is 3. The van der Waals surface area contributed by atoms with Crippen LogP contribution in [0.4, 0.5) is 14.5 Å². The lowest BCUT2D eigenvalue weighted by Crippen LogP contribution is -2.26. The number of esters is 1. The molecule has 0 amide bonds. The molecule has 4 rings (SSSR count). The van der Waals surface area contributed by atoms with Crippen LogP contribution in [0.1, 0.15) is 36.5 Å². The van der Waals surface area contributed by atoms with Crippen molar-refractivity contribution in [3.05, 3.63) is 43.7 Å². The standard InChI is InChI=1S/C17H14F2N2O6/c1-2-26-16(23)8-7-20-13-9(14(8)22)12(21(24)25)10(18)11(19)15(13)27-6-5-17(20)3-4-17/h7H,2-6H2,1H3. The molecule has 8 nitrogen and oxygen atoms in total. The molecule has 1 fully saturated rings. The minimum absolute atomic E-state index is 0.0182. The fourth-order valence-electron chi connectivity index (χ4n) is 3.61. The molecule has 1 aromatic heterocycles. The van der Waals surface area contributed by atoms with E-state index in [2.05, 4.69) is 0 Å². The molecule has 2 aromatic rings. The van der Waals surface area contributed by atoms with Crippen LogP contribution in [0, 0.1) is 21.7 Å². The van der Waals surface area contributed by atoms with Gasteiger partial charge in [0, 0.05) is 18.2 Å². The molecule has 1 aliphatic carbocycles. The summed E-state index contributed by atoms with van der Waals surface area (Å²) < 4.78 is 40.6. The second kappa shape index (κ2) is 5.73. The van der Waals surface area contributed by atoms with Gasteiger partial charge in [-0.05, 0) is 19.8 Å². The summed E-state index contributed by atoms with van der Waals surface area (Å²) in [4.78, 5) is 35.4. The van der Waals surface area contributed by atoms with Gasteiger partial charge in [0.05, 0.1) is 18.1 Å². The van der Waals surface area contributed by atoms with Crippen molar-refractivity contribution in [2.45, 2.75) is 31.7 Å². The molecule has 1 aliphatic heterocycles. The van der Waals surface area contributed by atoms with Crippen molar-refractivity contribution < 1.29 is 28.0 Å². The molecular formula is C17H14F2N2O6. The number of nitro groups is 1. The Morgan fingerprint density at radius 3 is 2.67 bits per heavy atom. The lowest BCUT2D eigenvalue weighted by molar-refractivity contribution is -0.386. The number of benzene rings is 1. The fraction of sp³-hybridized carbons (Fsp3) is 0.412. The third kappa shape index (κ3) is 2.32. The van der Waals surface area contributed by atoms with E-state index in [0.717, 1.165) is 0 Å². The first-order valence-electron chi connectivity index (χ1n) is 8.37. The van der Waals surface area contributed by atoms with Crippen LogP contribution in [0.2, 0.25) is 0 Å². The Morgan fingerprint density at radius 1 is 1.37 bits per heavy atom. The van der Waals surface area contributed by atoms with Crippen molar-refractivity contribution in [2.75, 3.05) is 13.2 Å². The number of aromatic nitrogens is 1. The van der Waals surface area contributed by atoms with Crippen LogP contribution in [0.3, 0.4) is 0 Å². The second-order valence-corrected chi connectivity index (χ2v) is 6.57. The largest absolute Gasteiger partial charge is 0.488 e. The smallest absolute Gasteiger partial charge is 0.343 e. The first-order valence-corrected chi connectivity index (χ1v) is 8.37. The lowest BCUT2D eigenvalue weighted by atomic mass is 10.1. The van der Waals surface area contributed by atoms with E-state index in [1.54, 1.807) is 0 Å². The summed E-state index contributed by atoms with van der Waals surface area (Å²) in [5, 5.41) is 10.7. The van der Waals surface area contributed by atoms with Gasteiger partial charge in [-0.3, -0.25) is 14.9 Å². The number of halogens is 2. The minimum Gasteiger partial charge on any atom is -0.488 e. The zero-order valence-electron chi connectivity index (χ0n) is 14.2. The number of nitrogens with zero attached hydrogens (tertiary/aromatic N) is 2. The Balaban J connectivity index is 2.23. The van der Waals surface area contributed by atoms with E-state index >= 15 is 0 Å². The van der Waals surface area contributed by atoms with E-state index in [1.165, 1.54) is 17.7 Å². The summed E-state index contributed by atoms with van der Waals surface area (Å²) in [7, 11) is 0. The Labute approximate surface area is 150 Å². The molecule has 142 valence electrons. The molecule has 0 unspecified atom stereocenters. The zero-order valence-corrected chi connectivity index (χ0v) is 14.2. The predicted molar refractivity (Wildman–Crippen MR) is 88.1 cm³/mol. The monoisotopic (exact) mass is 380 g/mol. The highest BCUT2D eigenvalue weighted by molar-refractivity contribution is 5.99. The first-order chi connectivity index (χ1) is 12.8. The van der Waals surface area contributed by atoms with Crippen molar-refractivity contribution in [1.82, 2.24) is 4.57 Å². The molecule has 0 saturated heterocycles. The van der Waals surface area contributed by atoms with Crippen LogP contribution in [-0.4, -0.2) is 28.7 Å². The number of fused-ring (bicyclic) bond motifs is 1. The molecule has 0 N–H and O–H groups in total. The number of pyridine rings is 1. The van der Waals surface area contributed by atoms with Gasteiger partial charge in [0.2, 0.25) is 17.1 Å². The first kappa shape index (κ1) is 17.4. The van der Waals surface area contributed by atoms with Crippen molar-refractivity contribution in [2.24, 2.45) is 0 Å². The molecular weight excluding hydrogens is 366 g/mol. The molecule has 27 heavy (non-hydrogen) atoms. The van der Waals surface area contributed by atoms with Crippen LogP contribution in [0.5, 0.6) is 5.75 Å². The summed E-state index contributed by atoms with van der Waals surface area (Å²) >= 11 is 0. The summed E-state index contributed by atoms with van der Waals surface area (Å²) in [6, 6.07) is 0. The Morgan fingerprint density at radius 2 is 2.07 bits per heavy atom. The normalized spacial score (nSPS) is 16.7. The van der Waals surface area contributed by atoms with Gasteiger partial charge in [-0.25, -0.2) is 4.79 Å². The van der Waals surface area contributed by atoms with E-state index < -0.39 is 55.9 Å². The quantitative estimate of drug-likeness (QED) is 0.461. The maximum absolute atomic E-state index is 14.5. The van der Waals surface area contributed by atoms with Gasteiger partial charge in [0.1, 0.15) is 16.5 Å². The minimum atomic E-state index is -1.79. The van der Waals surface area contributed by atoms with Crippen molar-refractivity contribution in [3.8, 4) is 5.75 Å². The van der Waals surface area contributed by atoms with Gasteiger partial charge in [-0.15, -0.1) is 0 Å². The highest BCUT2D eigenvalue weighted by Crippen LogP contribution is 2.52. The molecule has 0 bridgehead atoms. The van der Waals surface area contributed by atoms with Gasteiger partial charge < -0.3 is 14.0 Å². The molecule has 10 heteroatoms. The Bertz CT molecular complexity index is 1070. The predicted octanol–water partition coefficient (Wildman–Crippen LogP) is 2.64. The number of ether oxygens (including phenoxy) is 2. The third-order valence-electron chi connectivity index (χ3n) is 5.09. The van der Waals surface area contributed by atoms with Gasteiger partial charge in [0.25, 0.3) is 0 Å². The molecule has 2 aliphatic rings. The van der Waals surface area contributed by atoms with Gasteiger partial charge >= 0.3 is 11.7 Å². The highest BCUT2D eigenvalue weighted by atomic mass is 19.2. The highest BCUT2D eigenvalue weighted by Gasteiger charge is 2.48. The van der Waals surface area contributed by atoms with E-state index in [1.807, 2.05) is 0 Å². The summed E-state index contributed by atoms with van der Waals surface area (Å²) in [6.45, 7) is 1.57. The molecule has 2 heterocycles. The topological polar surface area (TPSA) is 101 Å². The summed E-state index contributed by atoms with van der Waals surface area (Å²) in [6.07, 6.45) is 2.96. The number of nitro benzene ring substituents is 1. The van der Waals surface area contributed by atoms with Crippen molar-refractivity contribution >= 4 is 22.6 Å². The molecule has 1 saturated carbocycles. The van der Waals surface area contributed by atoms with E-state index in [-0.39, 0.29) is 18.7 Å². The van der Waals surface area contributed by atoms with Crippen LogP contribution in [0.15, 0.2) is 11.0 Å². The van der Waals surface area contributed by atoms with Crippen LogP contribution < -0.4 is 10.2 Å². The molecule has 1 spiro atoms. The number of carbonyl (C=O) groups excluding carboxylic acids is 1. The van der Waals surface area contributed by atoms with Crippen molar-refractivity contribution in [1.29, 1.82) is 0 Å². The maximum atomic E-state index is 14.5. The fourth-order valence-corrected chi connectivity index (χ4v) is 3.61. The molecule has 0 atom stereocenters. The lowest BCUT2D eigenvalue weighted by Gasteiger charge is -2.20. The zero-order chi connectivity index (χ0) is 19.5. The summed E-state index contributed by atoms with van der Waals surface area (Å²) in [5.74, 6) is -4.85. The van der Waals surface area contributed by atoms with Crippen LogP contribution in [0.25, 0.3) is 10.9 Å². The van der Waals surface area contributed by atoms with Gasteiger partial charge in [-0.1, -0.05) is 0 Å². The van der Waals surface area contributed by atoms with E-state index in [9.17, 15) is 28.5 Å². The number of hydrogen-bond donors (Lipinski definition) is 0. The number of hydrogen-bond acceptors (Lipinski definition) is 6. The molecule has 0 radical (unpaired) electrons. The van der Waals surface area contributed by atoms with Crippen LogP contribution >= 0.6 is 0 Å². The van der Waals surface area contributed by atoms with E-state index in [0.29, 0.717) is 19.3 Å². The van der Waals surface area contributed by atoms with Gasteiger partial charge in [-0.2, -0.15) is 8.78 Å². The average Bonchev–Trinajstić information content (AvgIpc) is 3.41.